The Balaban J connectivity index is 2.16. The second-order valence-electron chi connectivity index (χ2n) is 6.03. The molecule has 0 radical (unpaired) electrons. The fourth-order valence-corrected chi connectivity index (χ4v) is 3.28. The Labute approximate surface area is 172 Å². The van der Waals surface area contributed by atoms with Crippen molar-refractivity contribution in [2.45, 2.75) is 38.0 Å². The lowest BCUT2D eigenvalue weighted by atomic mass is 10.1. The summed E-state index contributed by atoms with van der Waals surface area (Å²) in [5.41, 5.74) is 0.878. The molecule has 1 heterocycles. The molecule has 0 fully saturated rings. The van der Waals surface area contributed by atoms with E-state index in [4.69, 9.17) is 9.47 Å². The third-order valence-electron chi connectivity index (χ3n) is 3.80. The minimum absolute atomic E-state index is 0.0382. The van der Waals surface area contributed by atoms with Crippen LogP contribution in [0.15, 0.2) is 41.6 Å². The number of carbonyl (C=O) groups excluding carboxylic acids is 1. The normalized spacial score (nSPS) is 12.3. The number of rotatable bonds is 9. The van der Waals surface area contributed by atoms with Crippen LogP contribution < -0.4 is 14.8 Å². The molecule has 0 spiro atoms. The predicted molar refractivity (Wildman–Crippen MR) is 106 cm³/mol. The second kappa shape index (κ2) is 10.4. The lowest BCUT2D eigenvalue weighted by molar-refractivity contribution is -0.105. The number of benzene rings is 1. The molecule has 0 aliphatic rings. The van der Waals surface area contributed by atoms with Gasteiger partial charge in [-0.25, -0.2) is 4.98 Å². The van der Waals surface area contributed by atoms with E-state index in [0.29, 0.717) is 36.5 Å². The minimum atomic E-state index is -4.35. The van der Waals surface area contributed by atoms with Crippen LogP contribution >= 0.6 is 11.8 Å². The highest BCUT2D eigenvalue weighted by Crippen LogP contribution is 2.31. The summed E-state index contributed by atoms with van der Waals surface area (Å²) in [6.07, 6.45) is -2.99. The van der Waals surface area contributed by atoms with Gasteiger partial charge in [-0.3, -0.25) is 4.79 Å². The molecule has 0 saturated carbocycles. The van der Waals surface area contributed by atoms with Crippen LogP contribution in [0.2, 0.25) is 0 Å². The number of hydrogen-bond donors (Lipinski definition) is 1. The highest BCUT2D eigenvalue weighted by atomic mass is 32.2. The molecule has 2 aromatic rings. The van der Waals surface area contributed by atoms with Gasteiger partial charge in [-0.05, 0) is 50.6 Å². The molecule has 1 atom stereocenters. The van der Waals surface area contributed by atoms with Crippen LogP contribution in [-0.4, -0.2) is 36.0 Å². The van der Waals surface area contributed by atoms with Crippen LogP contribution in [0.5, 0.6) is 11.5 Å². The number of nitrogens with one attached hydrogen (secondary N) is 1. The van der Waals surface area contributed by atoms with Crippen LogP contribution in [0.3, 0.4) is 0 Å². The van der Waals surface area contributed by atoms with Crippen molar-refractivity contribution in [3.63, 3.8) is 0 Å². The largest absolute Gasteiger partial charge is 0.490 e. The Kier molecular flexibility index (Phi) is 8.19. The molecule has 5 nitrogen and oxygen atoms in total. The van der Waals surface area contributed by atoms with Crippen molar-refractivity contribution in [2.24, 2.45) is 0 Å². The van der Waals surface area contributed by atoms with Crippen molar-refractivity contribution in [3.05, 3.63) is 47.7 Å². The third-order valence-corrected chi connectivity index (χ3v) is 4.87. The Bertz CT molecular complexity index is 831. The Morgan fingerprint density at radius 2 is 1.86 bits per heavy atom. The average molecular weight is 428 g/mol. The number of ether oxygens (including phenoxy) is 2. The molecule has 0 unspecified atom stereocenters. The molecule has 1 N–H and O–H groups in total. The fourth-order valence-electron chi connectivity index (χ4n) is 2.52. The van der Waals surface area contributed by atoms with Crippen molar-refractivity contribution in [2.75, 3.05) is 19.0 Å². The summed E-state index contributed by atoms with van der Waals surface area (Å²) in [5.74, 6) is -0.441. The van der Waals surface area contributed by atoms with Crippen molar-refractivity contribution < 1.29 is 27.4 Å². The molecule has 0 bridgehead atoms. The van der Waals surface area contributed by atoms with Crippen molar-refractivity contribution in [1.29, 1.82) is 0 Å². The van der Waals surface area contributed by atoms with Gasteiger partial charge in [-0.1, -0.05) is 17.8 Å². The maximum absolute atomic E-state index is 12.7. The molecule has 29 heavy (non-hydrogen) atoms. The van der Waals surface area contributed by atoms with E-state index in [2.05, 4.69) is 10.3 Å². The van der Waals surface area contributed by atoms with Gasteiger partial charge < -0.3 is 14.8 Å². The van der Waals surface area contributed by atoms with Gasteiger partial charge in [0.2, 0.25) is 0 Å². The summed E-state index contributed by atoms with van der Waals surface area (Å²) < 4.78 is 48.7. The molecule has 2 rings (SSSR count). The summed E-state index contributed by atoms with van der Waals surface area (Å²) in [4.78, 5) is 16.6. The first-order chi connectivity index (χ1) is 13.7. The number of nitrogens with zero attached hydrogens (tertiary/aromatic N) is 1. The van der Waals surface area contributed by atoms with Gasteiger partial charge in [0.25, 0.3) is 5.91 Å². The average Bonchev–Trinajstić information content (AvgIpc) is 2.67. The highest BCUT2D eigenvalue weighted by molar-refractivity contribution is 7.99. The van der Waals surface area contributed by atoms with Crippen molar-refractivity contribution in [3.8, 4) is 11.5 Å². The van der Waals surface area contributed by atoms with Crippen molar-refractivity contribution >= 4 is 17.7 Å². The minimum Gasteiger partial charge on any atom is -0.490 e. The highest BCUT2D eigenvalue weighted by Gasteiger charge is 2.28. The van der Waals surface area contributed by atoms with E-state index in [1.54, 1.807) is 25.1 Å². The van der Waals surface area contributed by atoms with E-state index in [-0.39, 0.29) is 10.6 Å². The first kappa shape index (κ1) is 22.9. The molecule has 1 aromatic heterocycles. The Hall–Kier alpha value is -2.42. The summed E-state index contributed by atoms with van der Waals surface area (Å²) in [5, 5.41) is 2.84. The maximum Gasteiger partial charge on any atom is 0.398 e. The van der Waals surface area contributed by atoms with Gasteiger partial charge in [0, 0.05) is 6.20 Å². The molecule has 0 saturated heterocycles. The number of halogens is 3. The van der Waals surface area contributed by atoms with Gasteiger partial charge in [0.15, 0.2) is 11.5 Å². The number of alkyl halides is 3. The molecule has 0 aliphatic carbocycles. The summed E-state index contributed by atoms with van der Waals surface area (Å²) >= 11 is 0.488. The lowest BCUT2D eigenvalue weighted by Crippen LogP contribution is -2.27. The van der Waals surface area contributed by atoms with Gasteiger partial charge in [0.1, 0.15) is 5.03 Å². The number of aromatic nitrogens is 1. The molecule has 0 aliphatic heterocycles. The van der Waals surface area contributed by atoms with Crippen molar-refractivity contribution in [1.82, 2.24) is 10.3 Å². The van der Waals surface area contributed by atoms with Gasteiger partial charge in [-0.2, -0.15) is 13.2 Å². The number of pyridine rings is 1. The van der Waals surface area contributed by atoms with Crippen LogP contribution in [0.1, 0.15) is 42.7 Å². The van der Waals surface area contributed by atoms with E-state index in [1.807, 2.05) is 13.8 Å². The SMILES string of the molecule is CCOc1ccc([C@H](C)NC(=O)c2cccnc2SCC(F)(F)F)cc1OCC. The predicted octanol–water partition coefficient (Wildman–Crippen LogP) is 5.02. The summed E-state index contributed by atoms with van der Waals surface area (Å²) in [7, 11) is 0. The number of thioether (sulfide) groups is 1. The van der Waals surface area contributed by atoms with E-state index in [9.17, 15) is 18.0 Å². The Morgan fingerprint density at radius 1 is 1.17 bits per heavy atom. The van der Waals surface area contributed by atoms with Crippen LogP contribution in [0.25, 0.3) is 0 Å². The Morgan fingerprint density at radius 3 is 2.52 bits per heavy atom. The van der Waals surface area contributed by atoms with Crippen LogP contribution in [-0.2, 0) is 0 Å². The lowest BCUT2D eigenvalue weighted by Gasteiger charge is -2.18. The van der Waals surface area contributed by atoms with Gasteiger partial charge >= 0.3 is 6.18 Å². The molecule has 1 amide bonds. The van der Waals surface area contributed by atoms with E-state index < -0.39 is 23.9 Å². The zero-order valence-electron chi connectivity index (χ0n) is 16.4. The van der Waals surface area contributed by atoms with Gasteiger partial charge in [-0.15, -0.1) is 0 Å². The number of hydrogen-bond acceptors (Lipinski definition) is 5. The second-order valence-corrected chi connectivity index (χ2v) is 6.99. The van der Waals surface area contributed by atoms with E-state index >= 15 is 0 Å². The van der Waals surface area contributed by atoms with E-state index in [0.717, 1.165) is 5.56 Å². The zero-order chi connectivity index (χ0) is 21.4. The molecule has 158 valence electrons. The monoisotopic (exact) mass is 428 g/mol. The first-order valence-electron chi connectivity index (χ1n) is 9.10. The maximum atomic E-state index is 12.7. The van der Waals surface area contributed by atoms with E-state index in [1.165, 1.54) is 18.3 Å². The fraction of sp³-hybridized carbons (Fsp3) is 0.400. The summed E-state index contributed by atoms with van der Waals surface area (Å²) in [6, 6.07) is 7.92. The number of carbonyl (C=O) groups is 1. The standard InChI is InChI=1S/C20H23F3N2O3S/c1-4-27-16-9-8-14(11-17(16)28-5-2)13(3)25-18(26)15-7-6-10-24-19(15)29-12-20(21,22)23/h6-11,13H,4-5,12H2,1-3H3,(H,25,26)/t13-/m0/s1. The smallest absolute Gasteiger partial charge is 0.398 e. The van der Waals surface area contributed by atoms with Crippen LogP contribution in [0, 0.1) is 0 Å². The molecular formula is C20H23F3N2O3S. The number of amides is 1. The summed E-state index contributed by atoms with van der Waals surface area (Å²) in [6.45, 7) is 6.46. The first-order valence-corrected chi connectivity index (χ1v) is 10.1. The zero-order valence-corrected chi connectivity index (χ0v) is 17.2. The molecular weight excluding hydrogens is 405 g/mol. The van der Waals surface area contributed by atoms with Crippen LogP contribution in [0.4, 0.5) is 13.2 Å². The molecule has 9 heteroatoms. The molecule has 1 aromatic carbocycles. The quantitative estimate of drug-likeness (QED) is 0.568. The topological polar surface area (TPSA) is 60.5 Å². The van der Waals surface area contributed by atoms with Gasteiger partial charge in [0.05, 0.1) is 30.6 Å². The third kappa shape index (κ3) is 6.85.